The Morgan fingerprint density at radius 1 is 0.933 bits per heavy atom. The maximum absolute atomic E-state index is 13.9. The first kappa shape index (κ1) is 19.7. The van der Waals surface area contributed by atoms with Crippen molar-refractivity contribution >= 4 is 23.2 Å². The maximum Gasteiger partial charge on any atom is 0.281 e. The Labute approximate surface area is 176 Å². The van der Waals surface area contributed by atoms with Gasteiger partial charge >= 0.3 is 0 Å². The van der Waals surface area contributed by atoms with Crippen LogP contribution < -0.4 is 14.5 Å². The molecule has 152 valence electrons. The van der Waals surface area contributed by atoms with Crippen LogP contribution in [0.25, 0.3) is 0 Å². The van der Waals surface area contributed by atoms with Gasteiger partial charge in [0, 0.05) is 12.2 Å². The quantitative estimate of drug-likeness (QED) is 0.596. The lowest BCUT2D eigenvalue weighted by Gasteiger charge is -2.41. The highest BCUT2D eigenvalue weighted by atomic mass is 16.5. The van der Waals surface area contributed by atoms with E-state index in [2.05, 4.69) is 0 Å². The first-order valence-corrected chi connectivity index (χ1v) is 10.1. The number of likely N-dealkylation sites (N-methyl/N-ethyl adjacent to an activating group) is 1. The van der Waals surface area contributed by atoms with Crippen molar-refractivity contribution in [1.82, 2.24) is 0 Å². The normalized spacial score (nSPS) is 17.8. The number of anilines is 2. The van der Waals surface area contributed by atoms with Gasteiger partial charge in [0.1, 0.15) is 5.75 Å². The number of hydrogen-bond donors (Lipinski definition) is 0. The molecule has 0 radical (unpaired) electrons. The topological polar surface area (TPSA) is 49.9 Å². The van der Waals surface area contributed by atoms with Crippen molar-refractivity contribution < 1.29 is 14.3 Å². The standard InChI is InChI=1S/C25H24N2O3/c1-3-26-21-16-10-11-17-22(21)30-25(2,23(26)28)24(29)27(20-14-8-5-9-15-20)18-19-12-6-4-7-13-19/h4-17H,3,18H2,1-2H3. The van der Waals surface area contributed by atoms with Gasteiger partial charge in [-0.1, -0.05) is 60.7 Å². The molecule has 0 bridgehead atoms. The number of nitrogens with zero attached hydrogens (tertiary/aromatic N) is 2. The Morgan fingerprint density at radius 2 is 1.53 bits per heavy atom. The van der Waals surface area contributed by atoms with Crippen molar-refractivity contribution in [1.29, 1.82) is 0 Å². The molecular formula is C25H24N2O3. The molecule has 5 heteroatoms. The van der Waals surface area contributed by atoms with Crippen LogP contribution in [0.5, 0.6) is 5.75 Å². The number of amides is 2. The summed E-state index contributed by atoms with van der Waals surface area (Å²) in [6, 6.07) is 26.4. The first-order chi connectivity index (χ1) is 14.5. The third kappa shape index (κ3) is 3.43. The van der Waals surface area contributed by atoms with Crippen LogP contribution in [0.2, 0.25) is 0 Å². The minimum Gasteiger partial charge on any atom is -0.465 e. The van der Waals surface area contributed by atoms with Gasteiger partial charge in [-0.25, -0.2) is 0 Å². The van der Waals surface area contributed by atoms with Crippen LogP contribution in [0.4, 0.5) is 11.4 Å². The Bertz CT molecular complexity index is 1050. The summed E-state index contributed by atoms with van der Waals surface area (Å²) >= 11 is 0. The van der Waals surface area contributed by atoms with E-state index in [4.69, 9.17) is 4.74 Å². The van der Waals surface area contributed by atoms with Crippen molar-refractivity contribution in [3.8, 4) is 5.75 Å². The van der Waals surface area contributed by atoms with Gasteiger partial charge < -0.3 is 14.5 Å². The average molecular weight is 400 g/mol. The lowest BCUT2D eigenvalue weighted by atomic mass is 9.98. The van der Waals surface area contributed by atoms with Gasteiger partial charge in [0.05, 0.1) is 12.2 Å². The second kappa shape index (κ2) is 8.03. The molecule has 4 rings (SSSR count). The minimum absolute atomic E-state index is 0.337. The fourth-order valence-electron chi connectivity index (χ4n) is 3.76. The molecule has 3 aromatic carbocycles. The zero-order valence-corrected chi connectivity index (χ0v) is 17.1. The molecule has 0 fully saturated rings. The van der Waals surface area contributed by atoms with Crippen molar-refractivity contribution in [2.75, 3.05) is 16.3 Å². The van der Waals surface area contributed by atoms with Crippen LogP contribution in [-0.4, -0.2) is 24.0 Å². The summed E-state index contributed by atoms with van der Waals surface area (Å²) in [5, 5.41) is 0. The minimum atomic E-state index is -1.66. The number of benzene rings is 3. The molecule has 0 saturated heterocycles. The second-order valence-electron chi connectivity index (χ2n) is 7.36. The molecule has 0 spiro atoms. The number of hydrogen-bond acceptors (Lipinski definition) is 3. The summed E-state index contributed by atoms with van der Waals surface area (Å²) in [5.74, 6) is -0.222. The molecule has 0 aromatic heterocycles. The Balaban J connectivity index is 1.76. The van der Waals surface area contributed by atoms with Gasteiger partial charge in [0.2, 0.25) is 0 Å². The fraction of sp³-hybridized carbons (Fsp3) is 0.200. The third-order valence-corrected chi connectivity index (χ3v) is 5.34. The van der Waals surface area contributed by atoms with Crippen LogP contribution in [0.1, 0.15) is 19.4 Å². The number of ether oxygens (including phenoxy) is 1. The summed E-state index contributed by atoms with van der Waals surface area (Å²) in [6.07, 6.45) is 0. The molecule has 1 unspecified atom stereocenters. The maximum atomic E-state index is 13.9. The highest BCUT2D eigenvalue weighted by Gasteiger charge is 2.52. The van der Waals surface area contributed by atoms with Gasteiger partial charge in [-0.2, -0.15) is 0 Å². The van der Waals surface area contributed by atoms with E-state index in [0.717, 1.165) is 5.56 Å². The van der Waals surface area contributed by atoms with Gasteiger partial charge in [-0.15, -0.1) is 0 Å². The third-order valence-electron chi connectivity index (χ3n) is 5.34. The van der Waals surface area contributed by atoms with Crippen molar-refractivity contribution in [3.63, 3.8) is 0 Å². The van der Waals surface area contributed by atoms with Crippen LogP contribution in [0, 0.1) is 0 Å². The number of fused-ring (bicyclic) bond motifs is 1. The van der Waals surface area contributed by atoms with E-state index in [1.165, 1.54) is 0 Å². The van der Waals surface area contributed by atoms with Gasteiger partial charge in [-0.05, 0) is 43.7 Å². The molecule has 0 saturated carbocycles. The first-order valence-electron chi connectivity index (χ1n) is 10.1. The molecule has 3 aromatic rings. The number of carbonyl (C=O) groups is 2. The Morgan fingerprint density at radius 3 is 2.20 bits per heavy atom. The van der Waals surface area contributed by atoms with E-state index in [0.29, 0.717) is 30.2 Å². The number of carbonyl (C=O) groups excluding carboxylic acids is 2. The second-order valence-corrected chi connectivity index (χ2v) is 7.36. The Kier molecular flexibility index (Phi) is 5.27. The number of para-hydroxylation sites is 3. The average Bonchev–Trinajstić information content (AvgIpc) is 2.79. The molecule has 0 N–H and O–H groups in total. The lowest BCUT2D eigenvalue weighted by Crippen LogP contribution is -2.63. The van der Waals surface area contributed by atoms with Crippen LogP contribution in [0.15, 0.2) is 84.9 Å². The fourth-order valence-corrected chi connectivity index (χ4v) is 3.76. The molecule has 1 aliphatic rings. The van der Waals surface area contributed by atoms with Gasteiger partial charge in [-0.3, -0.25) is 9.59 Å². The van der Waals surface area contributed by atoms with E-state index in [9.17, 15) is 9.59 Å². The summed E-state index contributed by atoms with van der Waals surface area (Å²) in [5.41, 5.74) is 0.708. The van der Waals surface area contributed by atoms with Crippen LogP contribution in [-0.2, 0) is 16.1 Å². The molecule has 30 heavy (non-hydrogen) atoms. The zero-order valence-electron chi connectivity index (χ0n) is 17.1. The van der Waals surface area contributed by atoms with Crippen LogP contribution >= 0.6 is 0 Å². The molecule has 2 amide bonds. The van der Waals surface area contributed by atoms with Gasteiger partial charge in [0.15, 0.2) is 0 Å². The summed E-state index contributed by atoms with van der Waals surface area (Å²) in [6.45, 7) is 4.25. The Hall–Kier alpha value is -3.60. The van der Waals surface area contributed by atoms with E-state index in [-0.39, 0.29) is 5.91 Å². The monoisotopic (exact) mass is 400 g/mol. The SMILES string of the molecule is CCN1C(=O)C(C)(C(=O)N(Cc2ccccc2)c2ccccc2)Oc2ccccc21. The molecule has 5 nitrogen and oxygen atoms in total. The smallest absolute Gasteiger partial charge is 0.281 e. The molecule has 1 aliphatic heterocycles. The van der Waals surface area contributed by atoms with Gasteiger partial charge in [0.25, 0.3) is 17.4 Å². The van der Waals surface area contributed by atoms with Crippen LogP contribution in [0.3, 0.4) is 0 Å². The highest BCUT2D eigenvalue weighted by Crippen LogP contribution is 2.39. The predicted octanol–water partition coefficient (Wildman–Crippen LogP) is 4.42. The largest absolute Gasteiger partial charge is 0.465 e. The van der Waals surface area contributed by atoms with E-state index < -0.39 is 11.5 Å². The molecular weight excluding hydrogens is 376 g/mol. The summed E-state index contributed by atoms with van der Waals surface area (Å²) in [7, 11) is 0. The van der Waals surface area contributed by atoms with E-state index in [1.807, 2.05) is 85.8 Å². The van der Waals surface area contributed by atoms with E-state index in [1.54, 1.807) is 22.8 Å². The highest BCUT2D eigenvalue weighted by molar-refractivity contribution is 6.20. The number of rotatable bonds is 5. The summed E-state index contributed by atoms with van der Waals surface area (Å²) in [4.78, 5) is 30.5. The van der Waals surface area contributed by atoms with Crippen molar-refractivity contribution in [2.24, 2.45) is 0 Å². The van der Waals surface area contributed by atoms with Crippen molar-refractivity contribution in [3.05, 3.63) is 90.5 Å². The molecule has 1 heterocycles. The lowest BCUT2D eigenvalue weighted by molar-refractivity contribution is -0.146. The molecule has 1 atom stereocenters. The summed E-state index contributed by atoms with van der Waals surface area (Å²) < 4.78 is 6.08. The molecule has 0 aliphatic carbocycles. The van der Waals surface area contributed by atoms with E-state index >= 15 is 0 Å². The predicted molar refractivity (Wildman–Crippen MR) is 118 cm³/mol. The van der Waals surface area contributed by atoms with Crippen molar-refractivity contribution in [2.45, 2.75) is 26.0 Å². The zero-order chi connectivity index (χ0) is 21.1.